The molecule has 3 N–H and O–H groups in total. The zero-order valence-corrected chi connectivity index (χ0v) is 14.6. The van der Waals surface area contributed by atoms with Gasteiger partial charge in [-0.3, -0.25) is 4.79 Å². The van der Waals surface area contributed by atoms with Crippen molar-refractivity contribution in [2.45, 2.75) is 5.75 Å². The molecule has 0 unspecified atom stereocenters. The summed E-state index contributed by atoms with van der Waals surface area (Å²) >= 11 is 0. The Labute approximate surface area is 151 Å². The predicted octanol–water partition coefficient (Wildman–Crippen LogP) is 1.43. The number of hydrogen-bond acceptors (Lipinski definition) is 4. The van der Waals surface area contributed by atoms with Gasteiger partial charge in [-0.05, 0) is 29.8 Å². The van der Waals surface area contributed by atoms with Crippen molar-refractivity contribution in [3.63, 3.8) is 0 Å². The minimum absolute atomic E-state index is 0.0238. The maximum atomic E-state index is 12.8. The van der Waals surface area contributed by atoms with Crippen LogP contribution in [-0.2, 0) is 15.8 Å². The van der Waals surface area contributed by atoms with E-state index in [0.29, 0.717) is 11.3 Å². The van der Waals surface area contributed by atoms with Crippen LogP contribution in [0.2, 0.25) is 0 Å². The Morgan fingerprint density at radius 1 is 1.12 bits per heavy atom. The molecule has 0 saturated heterocycles. The minimum atomic E-state index is -3.58. The standard InChI is InChI=1S/C18H17FN2O4S/c19-15-9-7-14(8-10-15)13-26(23,24)21-11-3-4-12-25-17-6-2-1-5-16(17)18(20)22/h1-2,5-10,21H,11-13H2,(H2,20,22). The Bertz CT molecular complexity index is 932. The number of carbonyl (C=O) groups excluding carboxylic acids is 1. The van der Waals surface area contributed by atoms with Crippen LogP contribution >= 0.6 is 0 Å². The number of nitrogens with one attached hydrogen (secondary N) is 1. The lowest BCUT2D eigenvalue weighted by atomic mass is 10.2. The van der Waals surface area contributed by atoms with E-state index in [1.165, 1.54) is 30.3 Å². The molecule has 0 heterocycles. The molecule has 2 aromatic rings. The van der Waals surface area contributed by atoms with Gasteiger partial charge in [-0.25, -0.2) is 17.5 Å². The lowest BCUT2D eigenvalue weighted by Gasteiger charge is -2.06. The van der Waals surface area contributed by atoms with Crippen LogP contribution in [0.25, 0.3) is 0 Å². The van der Waals surface area contributed by atoms with E-state index >= 15 is 0 Å². The summed E-state index contributed by atoms with van der Waals surface area (Å²) in [6, 6.07) is 11.7. The van der Waals surface area contributed by atoms with Crippen molar-refractivity contribution in [2.24, 2.45) is 5.73 Å². The number of benzene rings is 2. The van der Waals surface area contributed by atoms with E-state index in [1.54, 1.807) is 18.2 Å². The third-order valence-electron chi connectivity index (χ3n) is 3.23. The van der Waals surface area contributed by atoms with Crippen LogP contribution in [-0.4, -0.2) is 27.5 Å². The van der Waals surface area contributed by atoms with Crippen LogP contribution in [0.15, 0.2) is 48.5 Å². The molecular weight excluding hydrogens is 359 g/mol. The van der Waals surface area contributed by atoms with Gasteiger partial charge in [-0.2, -0.15) is 0 Å². The number of halogens is 1. The van der Waals surface area contributed by atoms with E-state index in [1.807, 2.05) is 0 Å². The summed E-state index contributed by atoms with van der Waals surface area (Å²) in [5, 5.41) is 0. The number of amides is 1. The van der Waals surface area contributed by atoms with Crippen LogP contribution < -0.4 is 15.2 Å². The zero-order valence-electron chi connectivity index (χ0n) is 13.7. The number of hydrogen-bond donors (Lipinski definition) is 2. The van der Waals surface area contributed by atoms with E-state index < -0.39 is 21.7 Å². The number of sulfonamides is 1. The smallest absolute Gasteiger partial charge is 0.252 e. The number of nitrogens with two attached hydrogens (primary N) is 1. The monoisotopic (exact) mass is 376 g/mol. The lowest BCUT2D eigenvalue weighted by Crippen LogP contribution is -2.25. The fourth-order valence-corrected chi connectivity index (χ4v) is 3.05. The predicted molar refractivity (Wildman–Crippen MR) is 95.3 cm³/mol. The van der Waals surface area contributed by atoms with Gasteiger partial charge in [0.25, 0.3) is 5.91 Å². The van der Waals surface area contributed by atoms with Crippen LogP contribution in [0.3, 0.4) is 0 Å². The molecule has 0 saturated carbocycles. The molecule has 6 nitrogen and oxygen atoms in total. The van der Waals surface area contributed by atoms with E-state index in [4.69, 9.17) is 10.5 Å². The Hall–Kier alpha value is -2.89. The average Bonchev–Trinajstić information content (AvgIpc) is 2.60. The molecule has 8 heteroatoms. The lowest BCUT2D eigenvalue weighted by molar-refractivity contribution is 0.0997. The number of para-hydroxylation sites is 1. The molecule has 0 aromatic heterocycles. The number of ether oxygens (including phenoxy) is 1. The molecule has 2 aromatic carbocycles. The van der Waals surface area contributed by atoms with Gasteiger partial charge in [0.2, 0.25) is 10.0 Å². The fourth-order valence-electron chi connectivity index (χ4n) is 2.02. The maximum Gasteiger partial charge on any atom is 0.252 e. The van der Waals surface area contributed by atoms with Gasteiger partial charge in [0, 0.05) is 0 Å². The van der Waals surface area contributed by atoms with Gasteiger partial charge in [0.1, 0.15) is 18.2 Å². The van der Waals surface area contributed by atoms with Gasteiger partial charge in [-0.1, -0.05) is 36.1 Å². The summed E-state index contributed by atoms with van der Waals surface area (Å²) < 4.78 is 44.3. The minimum Gasteiger partial charge on any atom is -0.480 e. The number of rotatable bonds is 7. The topological polar surface area (TPSA) is 98.5 Å². The summed E-state index contributed by atoms with van der Waals surface area (Å²) in [6.45, 7) is -0.117. The molecule has 0 bridgehead atoms. The molecule has 0 aliphatic carbocycles. The van der Waals surface area contributed by atoms with Gasteiger partial charge < -0.3 is 10.5 Å². The maximum absolute atomic E-state index is 12.8. The van der Waals surface area contributed by atoms with Gasteiger partial charge >= 0.3 is 0 Å². The van der Waals surface area contributed by atoms with Gasteiger partial charge in [0.15, 0.2) is 0 Å². The third kappa shape index (κ3) is 6.20. The summed E-state index contributed by atoms with van der Waals surface area (Å²) in [5.74, 6) is 4.26. The van der Waals surface area contributed by atoms with Crippen LogP contribution in [0.1, 0.15) is 15.9 Å². The third-order valence-corrected chi connectivity index (χ3v) is 4.53. The molecule has 0 fully saturated rings. The summed E-state index contributed by atoms with van der Waals surface area (Å²) in [5.41, 5.74) is 5.95. The van der Waals surface area contributed by atoms with E-state index in [2.05, 4.69) is 16.6 Å². The quantitative estimate of drug-likeness (QED) is 0.714. The number of primary amides is 1. The first-order valence-electron chi connectivity index (χ1n) is 7.56. The molecule has 136 valence electrons. The number of carbonyl (C=O) groups is 1. The molecular formula is C18H17FN2O4S. The Balaban J connectivity index is 1.81. The average molecular weight is 376 g/mol. The second-order valence-electron chi connectivity index (χ2n) is 5.21. The Morgan fingerprint density at radius 2 is 1.81 bits per heavy atom. The molecule has 0 aliphatic heterocycles. The second-order valence-corrected chi connectivity index (χ2v) is 7.02. The van der Waals surface area contributed by atoms with Crippen molar-refractivity contribution in [1.29, 1.82) is 0 Å². The van der Waals surface area contributed by atoms with E-state index in [0.717, 1.165) is 0 Å². The molecule has 0 atom stereocenters. The van der Waals surface area contributed by atoms with Crippen LogP contribution in [0.4, 0.5) is 4.39 Å². The SMILES string of the molecule is NC(=O)c1ccccc1OCC#CCNS(=O)(=O)Cc1ccc(F)cc1. The molecule has 26 heavy (non-hydrogen) atoms. The molecule has 2 rings (SSSR count). The summed E-state index contributed by atoms with van der Waals surface area (Å²) in [4.78, 5) is 11.2. The first-order valence-corrected chi connectivity index (χ1v) is 9.22. The second kappa shape index (κ2) is 8.99. The molecule has 0 radical (unpaired) electrons. The highest BCUT2D eigenvalue weighted by atomic mass is 32.2. The fraction of sp³-hybridized carbons (Fsp3) is 0.167. The zero-order chi connectivity index (χ0) is 19.0. The van der Waals surface area contributed by atoms with Crippen molar-refractivity contribution >= 4 is 15.9 Å². The largest absolute Gasteiger partial charge is 0.480 e. The van der Waals surface area contributed by atoms with E-state index in [9.17, 15) is 17.6 Å². The molecule has 0 spiro atoms. The highest BCUT2D eigenvalue weighted by molar-refractivity contribution is 7.88. The van der Waals surface area contributed by atoms with Crippen molar-refractivity contribution in [3.05, 3.63) is 65.5 Å². The molecule has 0 aliphatic rings. The highest BCUT2D eigenvalue weighted by Gasteiger charge is 2.10. The van der Waals surface area contributed by atoms with Crippen molar-refractivity contribution in [3.8, 4) is 17.6 Å². The summed E-state index contributed by atoms with van der Waals surface area (Å²) in [7, 11) is -3.58. The van der Waals surface area contributed by atoms with Crippen LogP contribution in [0.5, 0.6) is 5.75 Å². The first kappa shape index (κ1) is 19.4. The van der Waals surface area contributed by atoms with Crippen LogP contribution in [0, 0.1) is 17.7 Å². The van der Waals surface area contributed by atoms with Crippen molar-refractivity contribution < 1.29 is 22.3 Å². The Kier molecular flexibility index (Phi) is 6.72. The van der Waals surface area contributed by atoms with E-state index in [-0.39, 0.29) is 24.5 Å². The Morgan fingerprint density at radius 3 is 2.50 bits per heavy atom. The van der Waals surface area contributed by atoms with Gasteiger partial charge in [0.05, 0.1) is 17.9 Å². The molecule has 1 amide bonds. The summed E-state index contributed by atoms with van der Waals surface area (Å²) in [6.07, 6.45) is 0. The first-order chi connectivity index (χ1) is 12.4. The van der Waals surface area contributed by atoms with Crippen molar-refractivity contribution in [1.82, 2.24) is 4.72 Å². The van der Waals surface area contributed by atoms with Gasteiger partial charge in [-0.15, -0.1) is 0 Å². The van der Waals surface area contributed by atoms with Crippen molar-refractivity contribution in [2.75, 3.05) is 13.2 Å². The highest BCUT2D eigenvalue weighted by Crippen LogP contribution is 2.16. The normalized spacial score (nSPS) is 10.7.